The van der Waals surface area contributed by atoms with Crippen molar-refractivity contribution in [3.8, 4) is 0 Å². The lowest BCUT2D eigenvalue weighted by molar-refractivity contribution is -0.115. The fourth-order valence-electron chi connectivity index (χ4n) is 2.36. The van der Waals surface area contributed by atoms with Gasteiger partial charge in [0.25, 0.3) is 0 Å². The molecule has 3 rings (SSSR count). The molecule has 0 aliphatic carbocycles. The number of anilines is 1. The van der Waals surface area contributed by atoms with Crippen molar-refractivity contribution in [3.05, 3.63) is 41.5 Å². The van der Waals surface area contributed by atoms with Crippen molar-refractivity contribution in [2.24, 2.45) is 0 Å². The van der Waals surface area contributed by atoms with E-state index in [2.05, 4.69) is 20.8 Å². The number of hydrogen-bond acceptors (Lipinski definition) is 5. The van der Waals surface area contributed by atoms with E-state index < -0.39 is 0 Å². The topological polar surface area (TPSA) is 80.0 Å². The second-order valence-electron chi connectivity index (χ2n) is 5.33. The van der Waals surface area contributed by atoms with Crippen LogP contribution in [0.5, 0.6) is 0 Å². The molecule has 1 aromatic heterocycles. The number of aromatic nitrogens is 2. The Labute approximate surface area is 122 Å². The van der Waals surface area contributed by atoms with Crippen LogP contribution in [0, 0.1) is 6.92 Å². The molecule has 1 aliphatic heterocycles. The van der Waals surface area contributed by atoms with Crippen LogP contribution in [-0.2, 0) is 11.2 Å². The molecule has 0 saturated carbocycles. The van der Waals surface area contributed by atoms with Gasteiger partial charge in [0.1, 0.15) is 0 Å². The van der Waals surface area contributed by atoms with Gasteiger partial charge >= 0.3 is 0 Å². The van der Waals surface area contributed by atoms with Crippen LogP contribution in [0.15, 0.2) is 28.8 Å². The third kappa shape index (κ3) is 3.46. The first kappa shape index (κ1) is 13.8. The van der Waals surface area contributed by atoms with Gasteiger partial charge in [-0.2, -0.15) is 4.98 Å². The van der Waals surface area contributed by atoms with Gasteiger partial charge in [-0.3, -0.25) is 4.79 Å². The lowest BCUT2D eigenvalue weighted by atomic mass is 10.1. The number of carbonyl (C=O) groups is 1. The lowest BCUT2D eigenvalue weighted by Crippen LogP contribution is -2.15. The summed E-state index contributed by atoms with van der Waals surface area (Å²) in [6.45, 7) is 3.83. The van der Waals surface area contributed by atoms with Crippen molar-refractivity contribution in [1.29, 1.82) is 0 Å². The van der Waals surface area contributed by atoms with Gasteiger partial charge in [-0.15, -0.1) is 0 Å². The highest BCUT2D eigenvalue weighted by Crippen LogP contribution is 2.20. The van der Waals surface area contributed by atoms with Crippen LogP contribution >= 0.6 is 0 Å². The van der Waals surface area contributed by atoms with Gasteiger partial charge < -0.3 is 15.2 Å². The molecular formula is C15H18N4O2. The summed E-state index contributed by atoms with van der Waals surface area (Å²) in [6, 6.07) is 7.66. The largest absolute Gasteiger partial charge is 0.339 e. The van der Waals surface area contributed by atoms with Gasteiger partial charge in [0, 0.05) is 12.2 Å². The molecule has 1 amide bonds. The van der Waals surface area contributed by atoms with E-state index in [0.29, 0.717) is 11.7 Å². The Hall–Kier alpha value is -2.21. The predicted octanol–water partition coefficient (Wildman–Crippen LogP) is 1.64. The maximum absolute atomic E-state index is 12.0. The van der Waals surface area contributed by atoms with E-state index in [4.69, 9.17) is 4.52 Å². The molecule has 0 spiro atoms. The Morgan fingerprint density at radius 2 is 2.24 bits per heavy atom. The minimum Gasteiger partial charge on any atom is -0.339 e. The number of nitrogens with zero attached hydrogens (tertiary/aromatic N) is 2. The SMILES string of the molecule is Cc1ccc(NC(=O)Cc2noc([C@H]3CCNC3)n2)cc1. The van der Waals surface area contributed by atoms with Crippen LogP contribution in [0.4, 0.5) is 5.69 Å². The summed E-state index contributed by atoms with van der Waals surface area (Å²) < 4.78 is 5.23. The van der Waals surface area contributed by atoms with E-state index in [1.165, 1.54) is 0 Å². The van der Waals surface area contributed by atoms with Crippen molar-refractivity contribution >= 4 is 11.6 Å². The molecule has 1 aliphatic rings. The highest BCUT2D eigenvalue weighted by atomic mass is 16.5. The Kier molecular flexibility index (Phi) is 3.96. The first-order valence-corrected chi connectivity index (χ1v) is 7.10. The summed E-state index contributed by atoms with van der Waals surface area (Å²) in [7, 11) is 0. The Bertz CT molecular complexity index is 615. The second-order valence-corrected chi connectivity index (χ2v) is 5.33. The van der Waals surface area contributed by atoms with Gasteiger partial charge in [0.15, 0.2) is 5.82 Å². The summed E-state index contributed by atoms with van der Waals surface area (Å²) >= 11 is 0. The number of benzene rings is 1. The maximum Gasteiger partial charge on any atom is 0.232 e. The fourth-order valence-corrected chi connectivity index (χ4v) is 2.36. The first-order valence-electron chi connectivity index (χ1n) is 7.10. The molecule has 2 aromatic rings. The van der Waals surface area contributed by atoms with E-state index in [0.717, 1.165) is 30.8 Å². The minimum absolute atomic E-state index is 0.123. The van der Waals surface area contributed by atoms with Gasteiger partial charge in [-0.1, -0.05) is 22.9 Å². The van der Waals surface area contributed by atoms with Crippen LogP contribution in [0.2, 0.25) is 0 Å². The van der Waals surface area contributed by atoms with Crippen molar-refractivity contribution < 1.29 is 9.32 Å². The zero-order valence-electron chi connectivity index (χ0n) is 11.9. The van der Waals surface area contributed by atoms with E-state index >= 15 is 0 Å². The Morgan fingerprint density at radius 1 is 1.43 bits per heavy atom. The predicted molar refractivity (Wildman–Crippen MR) is 78.0 cm³/mol. The smallest absolute Gasteiger partial charge is 0.232 e. The molecule has 2 N–H and O–H groups in total. The molecule has 1 saturated heterocycles. The summed E-state index contributed by atoms with van der Waals surface area (Å²) in [5, 5.41) is 9.96. The third-order valence-corrected chi connectivity index (χ3v) is 3.55. The monoisotopic (exact) mass is 286 g/mol. The molecule has 6 heteroatoms. The highest BCUT2D eigenvalue weighted by Gasteiger charge is 2.23. The molecule has 6 nitrogen and oxygen atoms in total. The van der Waals surface area contributed by atoms with Crippen molar-refractivity contribution in [1.82, 2.24) is 15.5 Å². The fraction of sp³-hybridized carbons (Fsp3) is 0.400. The van der Waals surface area contributed by atoms with Gasteiger partial charge in [0.05, 0.1) is 12.3 Å². The molecule has 1 atom stereocenters. The summed E-state index contributed by atoms with van der Waals surface area (Å²) in [4.78, 5) is 16.3. The average molecular weight is 286 g/mol. The van der Waals surface area contributed by atoms with Crippen molar-refractivity contribution in [2.45, 2.75) is 25.7 Å². The van der Waals surface area contributed by atoms with Gasteiger partial charge in [-0.25, -0.2) is 0 Å². The maximum atomic E-state index is 12.0. The third-order valence-electron chi connectivity index (χ3n) is 3.55. The molecule has 0 unspecified atom stereocenters. The van der Waals surface area contributed by atoms with Gasteiger partial charge in [0.2, 0.25) is 11.8 Å². The van der Waals surface area contributed by atoms with Crippen LogP contribution in [-0.4, -0.2) is 29.1 Å². The van der Waals surface area contributed by atoms with Crippen LogP contribution < -0.4 is 10.6 Å². The van der Waals surface area contributed by atoms with E-state index in [1.54, 1.807) is 0 Å². The second kappa shape index (κ2) is 6.05. The number of nitrogens with one attached hydrogen (secondary N) is 2. The Balaban J connectivity index is 1.58. The first-order chi connectivity index (χ1) is 10.2. The quantitative estimate of drug-likeness (QED) is 0.893. The minimum atomic E-state index is -0.143. The number of rotatable bonds is 4. The summed E-state index contributed by atoms with van der Waals surface area (Å²) in [6.07, 6.45) is 1.12. The van der Waals surface area contributed by atoms with E-state index in [9.17, 15) is 4.79 Å². The number of amides is 1. The zero-order valence-corrected chi connectivity index (χ0v) is 11.9. The normalized spacial score (nSPS) is 17.9. The molecule has 1 fully saturated rings. The molecule has 2 heterocycles. The van der Waals surface area contributed by atoms with E-state index in [1.807, 2.05) is 31.2 Å². The highest BCUT2D eigenvalue weighted by molar-refractivity contribution is 5.91. The van der Waals surface area contributed by atoms with E-state index in [-0.39, 0.29) is 18.2 Å². The van der Waals surface area contributed by atoms with Crippen LogP contribution in [0.25, 0.3) is 0 Å². The average Bonchev–Trinajstić information content (AvgIpc) is 3.12. The van der Waals surface area contributed by atoms with Crippen LogP contribution in [0.1, 0.15) is 29.6 Å². The summed E-state index contributed by atoms with van der Waals surface area (Å²) in [5.74, 6) is 1.18. The molecule has 0 bridgehead atoms. The van der Waals surface area contributed by atoms with Crippen molar-refractivity contribution in [2.75, 3.05) is 18.4 Å². The molecular weight excluding hydrogens is 268 g/mol. The molecule has 0 radical (unpaired) electrons. The Morgan fingerprint density at radius 3 is 2.95 bits per heavy atom. The zero-order chi connectivity index (χ0) is 14.7. The standard InChI is InChI=1S/C15H18N4O2/c1-10-2-4-12(5-3-10)17-14(20)8-13-18-15(21-19-13)11-6-7-16-9-11/h2-5,11,16H,6-9H2,1H3,(H,17,20)/t11-/m0/s1. The van der Waals surface area contributed by atoms with Crippen molar-refractivity contribution in [3.63, 3.8) is 0 Å². The lowest BCUT2D eigenvalue weighted by Gasteiger charge is -2.03. The molecule has 1 aromatic carbocycles. The number of carbonyl (C=O) groups excluding carboxylic acids is 1. The van der Waals surface area contributed by atoms with Gasteiger partial charge in [-0.05, 0) is 32.0 Å². The number of hydrogen-bond donors (Lipinski definition) is 2. The summed E-state index contributed by atoms with van der Waals surface area (Å²) in [5.41, 5.74) is 1.93. The molecule has 110 valence electrons. The number of aryl methyl sites for hydroxylation is 1. The molecule has 21 heavy (non-hydrogen) atoms. The van der Waals surface area contributed by atoms with Crippen LogP contribution in [0.3, 0.4) is 0 Å².